The normalized spacial score (nSPS) is 35.9. The zero-order valence-electron chi connectivity index (χ0n) is 16.3. The second kappa shape index (κ2) is 8.56. The lowest BCUT2D eigenvalue weighted by molar-refractivity contribution is -1.92. The van der Waals surface area contributed by atoms with Crippen LogP contribution < -0.4 is 14.0 Å². The molecule has 2 bridgehead atoms. The van der Waals surface area contributed by atoms with Crippen LogP contribution in [0.5, 0.6) is 0 Å². The minimum Gasteiger partial charge on any atom is -0.300 e. The van der Waals surface area contributed by atoms with E-state index in [9.17, 15) is 0 Å². The number of hydrogen-bond acceptors (Lipinski definition) is 6. The zero-order chi connectivity index (χ0) is 19.7. The van der Waals surface area contributed by atoms with E-state index < -0.39 is 10.2 Å². The van der Waals surface area contributed by atoms with E-state index >= 15 is 0 Å². The summed E-state index contributed by atoms with van der Waals surface area (Å²) < 4.78 is 32.7. The largest absolute Gasteiger partial charge is 0.300 e. The van der Waals surface area contributed by atoms with Gasteiger partial charge in [-0.15, -0.1) is 0 Å². The zero-order valence-corrected chi connectivity index (χ0v) is 17.0. The van der Waals surface area contributed by atoms with Gasteiger partial charge >= 0.3 is 0 Å². The summed E-state index contributed by atoms with van der Waals surface area (Å²) in [7, 11) is -4.69. The van der Waals surface area contributed by atoms with E-state index in [0.29, 0.717) is 6.04 Å². The Morgan fingerprint density at radius 2 is 1.54 bits per heavy atom. The van der Waals surface area contributed by atoms with Gasteiger partial charge < -0.3 is 0 Å². The molecule has 4 aliphatic rings. The molecule has 1 aromatic carbocycles. The maximum absolute atomic E-state index is 8.60. The molecular formula is C21H31ClN2O4. The van der Waals surface area contributed by atoms with Crippen LogP contribution in [0.1, 0.15) is 56.6 Å². The Morgan fingerprint density at radius 1 is 0.857 bits per heavy atom. The lowest BCUT2D eigenvalue weighted by Gasteiger charge is -2.59. The number of fused-ring (bicyclic) bond motifs is 6. The van der Waals surface area contributed by atoms with Crippen LogP contribution in [0.15, 0.2) is 30.3 Å². The van der Waals surface area contributed by atoms with Crippen molar-refractivity contribution in [3.05, 3.63) is 35.9 Å². The van der Waals surface area contributed by atoms with Gasteiger partial charge in [-0.1, -0.05) is 36.8 Å². The summed E-state index contributed by atoms with van der Waals surface area (Å²) in [6.07, 6.45) is 10.1. The van der Waals surface area contributed by atoms with Crippen molar-refractivity contribution in [3.63, 3.8) is 0 Å². The Bertz CT molecular complexity index is 635. The molecule has 0 aromatic heterocycles. The molecule has 0 amide bonds. The third-order valence-electron chi connectivity index (χ3n) is 7.26. The molecule has 5 atom stereocenters. The highest BCUT2D eigenvalue weighted by molar-refractivity contribution is 5.21. The van der Waals surface area contributed by atoms with Crippen molar-refractivity contribution in [1.82, 2.24) is 9.80 Å². The van der Waals surface area contributed by atoms with Gasteiger partial charge in [0, 0.05) is 31.2 Å². The quantitative estimate of drug-likeness (QED) is 0.698. The predicted octanol–water partition coefficient (Wildman–Crippen LogP) is -0.0376. The first-order valence-electron chi connectivity index (χ1n) is 10.6. The van der Waals surface area contributed by atoms with Crippen molar-refractivity contribution in [2.45, 2.75) is 63.1 Å². The van der Waals surface area contributed by atoms with Crippen LogP contribution in [0, 0.1) is 22.1 Å². The second-order valence-electron chi connectivity index (χ2n) is 8.83. The number of piperidine rings is 4. The van der Waals surface area contributed by atoms with Gasteiger partial charge in [0.15, 0.2) is 0 Å². The van der Waals surface area contributed by atoms with E-state index in [-0.39, 0.29) is 0 Å². The van der Waals surface area contributed by atoms with E-state index in [2.05, 4.69) is 40.1 Å². The van der Waals surface area contributed by atoms with Gasteiger partial charge in [-0.2, -0.15) is 14.0 Å². The lowest BCUT2D eigenvalue weighted by Crippen LogP contribution is -2.63. The van der Waals surface area contributed by atoms with E-state index in [1.807, 2.05) is 0 Å². The molecule has 0 saturated carbocycles. The average Bonchev–Trinajstić information content (AvgIpc) is 2.67. The van der Waals surface area contributed by atoms with Crippen molar-refractivity contribution in [1.29, 1.82) is 0 Å². The first kappa shape index (κ1) is 20.5. The Balaban J connectivity index is 0.000000346. The van der Waals surface area contributed by atoms with E-state index in [4.69, 9.17) is 18.6 Å². The summed E-state index contributed by atoms with van der Waals surface area (Å²) in [6, 6.07) is 13.8. The summed E-state index contributed by atoms with van der Waals surface area (Å²) in [5, 5.41) is 0. The molecule has 0 spiro atoms. The van der Waals surface area contributed by atoms with Crippen LogP contribution in [0.4, 0.5) is 0 Å². The molecule has 1 aromatic rings. The lowest BCUT2D eigenvalue weighted by atomic mass is 9.69. The van der Waals surface area contributed by atoms with Crippen molar-refractivity contribution in [2.24, 2.45) is 11.8 Å². The Labute approximate surface area is 169 Å². The average molecular weight is 411 g/mol. The Kier molecular flexibility index (Phi) is 6.28. The molecule has 28 heavy (non-hydrogen) atoms. The van der Waals surface area contributed by atoms with Crippen LogP contribution in [0.2, 0.25) is 0 Å². The summed E-state index contributed by atoms with van der Waals surface area (Å²) in [5.41, 5.74) is 1.57. The number of hydrogen-bond donors (Lipinski definition) is 1. The second-order valence-corrected chi connectivity index (χ2v) is 9.62. The van der Waals surface area contributed by atoms with Crippen molar-refractivity contribution in [3.8, 4) is 0 Å². The number of rotatable bonds is 1. The van der Waals surface area contributed by atoms with Crippen LogP contribution in [0.25, 0.3) is 0 Å². The molecule has 5 rings (SSSR count). The molecule has 4 aliphatic heterocycles. The summed E-state index contributed by atoms with van der Waals surface area (Å²) in [5.74, 6) is 1.88. The summed E-state index contributed by atoms with van der Waals surface area (Å²) >= 11 is 0. The third-order valence-corrected chi connectivity index (χ3v) is 7.26. The van der Waals surface area contributed by atoms with Gasteiger partial charge in [0.2, 0.25) is 0 Å². The standard InChI is InChI=1S/C21H30N2.ClHO4/c1-2-7-16(8-3-1)20-10-6-11-21-17-13-18(15-23(20)21)19-9-4-5-12-22(19)14-17;2-1(3,4)5/h1-3,7-8,17-21H,4-6,9-15H2;(H,2,3,4,5)/t17-,18-,19+,20?,21-;/m0./s1. The topological polar surface area (TPSA) is 95.9 Å². The van der Waals surface area contributed by atoms with Gasteiger partial charge in [0.1, 0.15) is 0 Å². The van der Waals surface area contributed by atoms with Crippen molar-refractivity contribution < 1.29 is 28.9 Å². The van der Waals surface area contributed by atoms with Gasteiger partial charge in [-0.25, -0.2) is 0 Å². The van der Waals surface area contributed by atoms with Crippen LogP contribution >= 0.6 is 0 Å². The molecule has 0 aliphatic carbocycles. The SMILES string of the molecule is [O-][Cl+3]([O-])([O-])O.c1ccc(C2CCC[C@H]3[C@H]4C[C@@H](CN23)[C@H]2CCCCN2C4)cc1. The molecular weight excluding hydrogens is 380 g/mol. The highest BCUT2D eigenvalue weighted by Gasteiger charge is 2.48. The Morgan fingerprint density at radius 3 is 2.29 bits per heavy atom. The third kappa shape index (κ3) is 4.70. The fraction of sp³-hybridized carbons (Fsp3) is 0.714. The van der Waals surface area contributed by atoms with Gasteiger partial charge in [0.05, 0.1) is 14.9 Å². The van der Waals surface area contributed by atoms with Gasteiger partial charge in [-0.05, 0) is 62.5 Å². The maximum Gasteiger partial charge on any atom is 0.0777 e. The first-order chi connectivity index (χ1) is 13.4. The van der Waals surface area contributed by atoms with Crippen LogP contribution in [0.3, 0.4) is 0 Å². The minimum atomic E-state index is -4.69. The van der Waals surface area contributed by atoms with Crippen LogP contribution in [-0.2, 0) is 0 Å². The smallest absolute Gasteiger partial charge is 0.0777 e. The number of nitrogens with zero attached hydrogens (tertiary/aromatic N) is 2. The first-order valence-corrected chi connectivity index (χ1v) is 11.8. The van der Waals surface area contributed by atoms with Gasteiger partial charge in [0.25, 0.3) is 0 Å². The van der Waals surface area contributed by atoms with Crippen LogP contribution in [-0.4, -0.2) is 46.2 Å². The molecule has 6 nitrogen and oxygen atoms in total. The highest BCUT2D eigenvalue weighted by Crippen LogP contribution is 2.47. The Hall–Kier alpha value is -0.730. The highest BCUT2D eigenvalue weighted by atomic mass is 35.7. The fourth-order valence-electron chi connectivity index (χ4n) is 6.33. The minimum absolute atomic E-state index is 0.690. The maximum atomic E-state index is 8.60. The van der Waals surface area contributed by atoms with Crippen molar-refractivity contribution >= 4 is 0 Å². The molecule has 4 fully saturated rings. The molecule has 0 radical (unpaired) electrons. The van der Waals surface area contributed by atoms with E-state index in [1.165, 1.54) is 64.6 Å². The summed E-state index contributed by atoms with van der Waals surface area (Å²) in [4.78, 5) is 5.83. The molecule has 156 valence electrons. The van der Waals surface area contributed by atoms with E-state index in [0.717, 1.165) is 23.9 Å². The molecule has 7 heteroatoms. The molecule has 4 saturated heterocycles. The van der Waals surface area contributed by atoms with Gasteiger partial charge in [-0.3, -0.25) is 9.80 Å². The predicted molar refractivity (Wildman–Crippen MR) is 96.6 cm³/mol. The van der Waals surface area contributed by atoms with Crippen molar-refractivity contribution in [2.75, 3.05) is 19.6 Å². The molecule has 4 heterocycles. The summed E-state index contributed by atoms with van der Waals surface area (Å²) in [6.45, 7) is 4.14. The molecule has 1 unspecified atom stereocenters. The monoisotopic (exact) mass is 410 g/mol. The molecule has 1 N–H and O–H groups in total. The number of halogens is 1. The van der Waals surface area contributed by atoms with E-state index in [1.54, 1.807) is 5.56 Å². The number of benzene rings is 1. The fourth-order valence-corrected chi connectivity index (χ4v) is 6.33.